The second kappa shape index (κ2) is 5.44. The standard InChI is InChI=1S/C8H16F3NO/c1-3-12(5-4-7(2)13)6-8(9,10)11/h7,13H,3-6H2,1-2H3. The van der Waals surface area contributed by atoms with E-state index in [4.69, 9.17) is 5.11 Å². The summed E-state index contributed by atoms with van der Waals surface area (Å²) in [4.78, 5) is 1.27. The monoisotopic (exact) mass is 199 g/mol. The quantitative estimate of drug-likeness (QED) is 0.727. The van der Waals surface area contributed by atoms with Gasteiger partial charge in [-0.3, -0.25) is 4.90 Å². The summed E-state index contributed by atoms with van der Waals surface area (Å²) in [7, 11) is 0. The molecule has 0 radical (unpaired) electrons. The SMILES string of the molecule is CCN(CCC(C)O)CC(F)(F)F. The van der Waals surface area contributed by atoms with Crippen molar-refractivity contribution in [1.29, 1.82) is 0 Å². The van der Waals surface area contributed by atoms with E-state index < -0.39 is 18.8 Å². The molecule has 2 nitrogen and oxygen atoms in total. The van der Waals surface area contributed by atoms with Gasteiger partial charge in [-0.25, -0.2) is 0 Å². The highest BCUT2D eigenvalue weighted by atomic mass is 19.4. The Balaban J connectivity index is 3.76. The van der Waals surface area contributed by atoms with Crippen LogP contribution in [0, 0.1) is 0 Å². The van der Waals surface area contributed by atoms with Crippen LogP contribution >= 0.6 is 0 Å². The van der Waals surface area contributed by atoms with Crippen molar-refractivity contribution in [2.45, 2.75) is 32.5 Å². The molecule has 0 spiro atoms. The fourth-order valence-corrected chi connectivity index (χ4v) is 0.972. The zero-order valence-corrected chi connectivity index (χ0v) is 7.93. The number of nitrogens with zero attached hydrogens (tertiary/aromatic N) is 1. The number of aliphatic hydroxyl groups excluding tert-OH is 1. The van der Waals surface area contributed by atoms with Crippen LogP contribution in [0.15, 0.2) is 0 Å². The third-order valence-electron chi connectivity index (χ3n) is 1.71. The first-order valence-corrected chi connectivity index (χ1v) is 4.32. The molecule has 0 aliphatic rings. The summed E-state index contributed by atoms with van der Waals surface area (Å²) < 4.78 is 35.7. The van der Waals surface area contributed by atoms with E-state index in [0.717, 1.165) is 0 Å². The molecule has 13 heavy (non-hydrogen) atoms. The highest BCUT2D eigenvalue weighted by Gasteiger charge is 2.29. The molecule has 80 valence electrons. The summed E-state index contributed by atoms with van der Waals surface area (Å²) >= 11 is 0. The number of rotatable bonds is 5. The first-order valence-electron chi connectivity index (χ1n) is 4.32. The van der Waals surface area contributed by atoms with Crippen molar-refractivity contribution in [3.05, 3.63) is 0 Å². The van der Waals surface area contributed by atoms with Crippen molar-refractivity contribution in [2.75, 3.05) is 19.6 Å². The minimum absolute atomic E-state index is 0.285. The predicted molar refractivity (Wildman–Crippen MR) is 44.5 cm³/mol. The Morgan fingerprint density at radius 2 is 1.92 bits per heavy atom. The lowest BCUT2D eigenvalue weighted by atomic mass is 10.2. The minimum Gasteiger partial charge on any atom is -0.393 e. The van der Waals surface area contributed by atoms with Crippen molar-refractivity contribution in [3.8, 4) is 0 Å². The number of aliphatic hydroxyl groups is 1. The first-order chi connectivity index (χ1) is 5.85. The molecule has 0 bridgehead atoms. The molecule has 0 saturated carbocycles. The van der Waals surface area contributed by atoms with Gasteiger partial charge in [0.15, 0.2) is 0 Å². The Bertz CT molecular complexity index is 136. The van der Waals surface area contributed by atoms with E-state index in [9.17, 15) is 13.2 Å². The lowest BCUT2D eigenvalue weighted by Gasteiger charge is -2.22. The maximum absolute atomic E-state index is 11.9. The summed E-state index contributed by atoms with van der Waals surface area (Å²) in [5, 5.41) is 8.89. The van der Waals surface area contributed by atoms with Gasteiger partial charge in [0.2, 0.25) is 0 Å². The Kier molecular flexibility index (Phi) is 5.32. The minimum atomic E-state index is -4.14. The van der Waals surface area contributed by atoms with Gasteiger partial charge in [0.1, 0.15) is 0 Å². The van der Waals surface area contributed by atoms with Crippen LogP contribution in [-0.2, 0) is 0 Å². The van der Waals surface area contributed by atoms with E-state index in [2.05, 4.69) is 0 Å². The van der Waals surface area contributed by atoms with Crippen LogP contribution < -0.4 is 0 Å². The van der Waals surface area contributed by atoms with Crippen LogP contribution in [0.1, 0.15) is 20.3 Å². The number of hydrogen-bond acceptors (Lipinski definition) is 2. The van der Waals surface area contributed by atoms with Crippen LogP contribution in [-0.4, -0.2) is 41.9 Å². The van der Waals surface area contributed by atoms with Gasteiger partial charge in [-0.1, -0.05) is 6.92 Å². The van der Waals surface area contributed by atoms with Crippen LogP contribution in [0.3, 0.4) is 0 Å². The predicted octanol–water partition coefficient (Wildman–Crippen LogP) is 1.64. The summed E-state index contributed by atoms with van der Waals surface area (Å²) in [6, 6.07) is 0. The second-order valence-electron chi connectivity index (χ2n) is 3.12. The van der Waals surface area contributed by atoms with Gasteiger partial charge < -0.3 is 5.11 Å². The zero-order chi connectivity index (χ0) is 10.5. The largest absolute Gasteiger partial charge is 0.401 e. The molecular weight excluding hydrogens is 183 g/mol. The van der Waals surface area contributed by atoms with E-state index in [0.29, 0.717) is 13.0 Å². The van der Waals surface area contributed by atoms with Gasteiger partial charge in [-0.2, -0.15) is 13.2 Å². The molecule has 1 atom stereocenters. The summed E-state index contributed by atoms with van der Waals surface area (Å²) in [6.07, 6.45) is -4.30. The lowest BCUT2D eigenvalue weighted by Crippen LogP contribution is -2.35. The van der Waals surface area contributed by atoms with Crippen molar-refractivity contribution in [1.82, 2.24) is 4.90 Å². The second-order valence-corrected chi connectivity index (χ2v) is 3.12. The molecule has 0 aromatic carbocycles. The van der Waals surface area contributed by atoms with E-state index in [1.165, 1.54) is 4.90 Å². The average molecular weight is 199 g/mol. The highest BCUT2D eigenvalue weighted by molar-refractivity contribution is 4.62. The average Bonchev–Trinajstić information content (AvgIpc) is 1.95. The van der Waals surface area contributed by atoms with Crippen LogP contribution in [0.25, 0.3) is 0 Å². The van der Waals surface area contributed by atoms with Gasteiger partial charge >= 0.3 is 6.18 Å². The Morgan fingerprint density at radius 1 is 1.38 bits per heavy atom. The van der Waals surface area contributed by atoms with Crippen molar-refractivity contribution in [3.63, 3.8) is 0 Å². The van der Waals surface area contributed by atoms with E-state index >= 15 is 0 Å². The zero-order valence-electron chi connectivity index (χ0n) is 7.93. The fourth-order valence-electron chi connectivity index (χ4n) is 0.972. The van der Waals surface area contributed by atoms with Gasteiger partial charge in [0, 0.05) is 6.54 Å². The molecular formula is C8H16F3NO. The van der Waals surface area contributed by atoms with Gasteiger partial charge in [0.25, 0.3) is 0 Å². The topological polar surface area (TPSA) is 23.5 Å². The van der Waals surface area contributed by atoms with Gasteiger partial charge in [0.05, 0.1) is 12.6 Å². The smallest absolute Gasteiger partial charge is 0.393 e. The third kappa shape index (κ3) is 8.05. The number of hydrogen-bond donors (Lipinski definition) is 1. The highest BCUT2D eigenvalue weighted by Crippen LogP contribution is 2.16. The van der Waals surface area contributed by atoms with Gasteiger partial charge in [-0.05, 0) is 19.9 Å². The molecule has 1 N–H and O–H groups in total. The molecule has 0 aliphatic heterocycles. The van der Waals surface area contributed by atoms with Crippen molar-refractivity contribution in [2.24, 2.45) is 0 Å². The first kappa shape index (κ1) is 12.7. The van der Waals surface area contributed by atoms with Crippen molar-refractivity contribution < 1.29 is 18.3 Å². The normalized spacial score (nSPS) is 15.0. The number of halogens is 3. The van der Waals surface area contributed by atoms with Crippen LogP contribution in [0.4, 0.5) is 13.2 Å². The fraction of sp³-hybridized carbons (Fsp3) is 1.00. The summed E-state index contributed by atoms with van der Waals surface area (Å²) in [5.74, 6) is 0. The molecule has 0 heterocycles. The molecule has 0 saturated heterocycles. The third-order valence-corrected chi connectivity index (χ3v) is 1.71. The van der Waals surface area contributed by atoms with Crippen LogP contribution in [0.2, 0.25) is 0 Å². The molecule has 0 aromatic rings. The molecule has 0 aromatic heterocycles. The van der Waals surface area contributed by atoms with Crippen molar-refractivity contribution >= 4 is 0 Å². The number of alkyl halides is 3. The lowest BCUT2D eigenvalue weighted by molar-refractivity contribution is -0.146. The van der Waals surface area contributed by atoms with E-state index in [1.807, 2.05) is 0 Å². The molecule has 0 rings (SSSR count). The Labute approximate surface area is 76.3 Å². The summed E-state index contributed by atoms with van der Waals surface area (Å²) in [6.45, 7) is 2.99. The van der Waals surface area contributed by atoms with E-state index in [1.54, 1.807) is 13.8 Å². The van der Waals surface area contributed by atoms with Crippen LogP contribution in [0.5, 0.6) is 0 Å². The molecule has 1 unspecified atom stereocenters. The summed E-state index contributed by atoms with van der Waals surface area (Å²) in [5.41, 5.74) is 0. The Morgan fingerprint density at radius 3 is 2.23 bits per heavy atom. The maximum atomic E-state index is 11.9. The van der Waals surface area contributed by atoms with E-state index in [-0.39, 0.29) is 6.54 Å². The van der Waals surface area contributed by atoms with Gasteiger partial charge in [-0.15, -0.1) is 0 Å². The molecule has 0 aliphatic carbocycles. The molecule has 0 amide bonds. The molecule has 0 fully saturated rings. The maximum Gasteiger partial charge on any atom is 0.401 e. The molecule has 5 heteroatoms. The Hall–Kier alpha value is -0.290.